The zero-order chi connectivity index (χ0) is 15.0. The van der Waals surface area contributed by atoms with Crippen molar-refractivity contribution in [2.45, 2.75) is 20.3 Å². The molecule has 1 aromatic heterocycles. The van der Waals surface area contributed by atoms with Gasteiger partial charge in [0.25, 0.3) is 0 Å². The molecule has 0 saturated carbocycles. The zero-order valence-corrected chi connectivity index (χ0v) is 13.3. The fourth-order valence-electron chi connectivity index (χ4n) is 2.37. The van der Waals surface area contributed by atoms with Crippen molar-refractivity contribution in [3.05, 3.63) is 57.7 Å². The minimum atomic E-state index is 0.484. The van der Waals surface area contributed by atoms with Crippen molar-refractivity contribution in [1.82, 2.24) is 9.97 Å². The summed E-state index contributed by atoms with van der Waals surface area (Å²) in [6.07, 6.45) is 0.907. The molecule has 0 amide bonds. The number of rotatable bonds is 2. The van der Waals surface area contributed by atoms with E-state index in [0.29, 0.717) is 11.0 Å². The topological polar surface area (TPSA) is 25.8 Å². The van der Waals surface area contributed by atoms with Crippen LogP contribution in [0.5, 0.6) is 0 Å². The predicted octanol–water partition coefficient (Wildman–Crippen LogP) is 5.47. The SMILES string of the molecule is CCc1cccc2c(Cl)nc(-c3ccc(Cl)c(C)c3)nc12. The summed E-state index contributed by atoms with van der Waals surface area (Å²) in [5.74, 6) is 0.633. The standard InChI is InChI=1S/C17H14Cl2N2/c1-3-11-5-4-6-13-15(11)20-17(21-16(13)19)12-7-8-14(18)10(2)9-12/h4-9H,3H2,1-2H3. The molecule has 1 heterocycles. The van der Waals surface area contributed by atoms with Crippen molar-refractivity contribution in [2.75, 3.05) is 0 Å². The van der Waals surface area contributed by atoms with Crippen LogP contribution in [0.15, 0.2) is 36.4 Å². The number of aromatic nitrogens is 2. The molecule has 2 nitrogen and oxygen atoms in total. The first kappa shape index (κ1) is 14.3. The lowest BCUT2D eigenvalue weighted by atomic mass is 10.1. The van der Waals surface area contributed by atoms with Gasteiger partial charge in [-0.2, -0.15) is 0 Å². The Morgan fingerprint density at radius 2 is 1.86 bits per heavy atom. The van der Waals surface area contributed by atoms with Crippen molar-refractivity contribution < 1.29 is 0 Å². The molecular formula is C17H14Cl2N2. The number of aryl methyl sites for hydroxylation is 2. The van der Waals surface area contributed by atoms with Crippen LogP contribution < -0.4 is 0 Å². The van der Waals surface area contributed by atoms with Crippen molar-refractivity contribution in [2.24, 2.45) is 0 Å². The quantitative estimate of drug-likeness (QED) is 0.585. The molecule has 0 spiro atoms. The van der Waals surface area contributed by atoms with Gasteiger partial charge in [0.05, 0.1) is 5.52 Å². The molecule has 106 valence electrons. The molecule has 0 aliphatic heterocycles. The second-order valence-electron chi connectivity index (χ2n) is 4.97. The molecule has 2 aromatic carbocycles. The Balaban J connectivity index is 2.26. The number of nitrogens with zero attached hydrogens (tertiary/aromatic N) is 2. The predicted molar refractivity (Wildman–Crippen MR) is 89.1 cm³/mol. The molecule has 3 aromatic rings. The number of hydrogen-bond acceptors (Lipinski definition) is 2. The second-order valence-corrected chi connectivity index (χ2v) is 5.73. The monoisotopic (exact) mass is 316 g/mol. The van der Waals surface area contributed by atoms with Gasteiger partial charge in [-0.15, -0.1) is 0 Å². The molecule has 0 N–H and O–H groups in total. The number of para-hydroxylation sites is 1. The molecule has 4 heteroatoms. The van der Waals surface area contributed by atoms with E-state index in [0.717, 1.165) is 33.5 Å². The highest BCUT2D eigenvalue weighted by atomic mass is 35.5. The smallest absolute Gasteiger partial charge is 0.161 e. The Kier molecular flexibility index (Phi) is 3.83. The molecule has 0 aliphatic carbocycles. The minimum absolute atomic E-state index is 0.484. The van der Waals surface area contributed by atoms with Gasteiger partial charge in [-0.1, -0.05) is 42.3 Å². The van der Waals surface area contributed by atoms with Crippen LogP contribution in [0.1, 0.15) is 18.1 Å². The molecule has 0 radical (unpaired) electrons. The summed E-state index contributed by atoms with van der Waals surface area (Å²) in [4.78, 5) is 9.14. The van der Waals surface area contributed by atoms with E-state index >= 15 is 0 Å². The molecule has 0 aliphatic rings. The minimum Gasteiger partial charge on any atom is -0.228 e. The Morgan fingerprint density at radius 1 is 1.05 bits per heavy atom. The lowest BCUT2D eigenvalue weighted by molar-refractivity contribution is 1.13. The Labute approximate surface area is 133 Å². The van der Waals surface area contributed by atoms with E-state index < -0.39 is 0 Å². The zero-order valence-electron chi connectivity index (χ0n) is 11.8. The first-order valence-electron chi connectivity index (χ1n) is 6.82. The maximum Gasteiger partial charge on any atom is 0.161 e. The Hall–Kier alpha value is -1.64. The van der Waals surface area contributed by atoms with E-state index in [1.54, 1.807) is 0 Å². The van der Waals surface area contributed by atoms with Crippen LogP contribution in [0.3, 0.4) is 0 Å². The van der Waals surface area contributed by atoms with E-state index in [9.17, 15) is 0 Å². The highest BCUT2D eigenvalue weighted by Gasteiger charge is 2.11. The Bertz CT molecular complexity index is 828. The normalized spacial score (nSPS) is 11.0. The van der Waals surface area contributed by atoms with Crippen molar-refractivity contribution >= 4 is 34.1 Å². The summed E-state index contributed by atoms with van der Waals surface area (Å²) < 4.78 is 0. The molecule has 3 rings (SSSR count). The molecule has 0 saturated heterocycles. The largest absolute Gasteiger partial charge is 0.228 e. The molecule has 0 fully saturated rings. The lowest BCUT2D eigenvalue weighted by Gasteiger charge is -2.08. The van der Waals surface area contributed by atoms with Crippen LogP contribution in [-0.4, -0.2) is 9.97 Å². The summed E-state index contributed by atoms with van der Waals surface area (Å²) >= 11 is 12.4. The van der Waals surface area contributed by atoms with Crippen molar-refractivity contribution in [3.8, 4) is 11.4 Å². The molecule has 21 heavy (non-hydrogen) atoms. The summed E-state index contributed by atoms with van der Waals surface area (Å²) in [5, 5.41) is 2.11. The molecular weight excluding hydrogens is 303 g/mol. The average molecular weight is 317 g/mol. The average Bonchev–Trinajstić information content (AvgIpc) is 2.49. The van der Waals surface area contributed by atoms with Gasteiger partial charge in [0, 0.05) is 16.0 Å². The van der Waals surface area contributed by atoms with Crippen LogP contribution >= 0.6 is 23.2 Å². The first-order chi connectivity index (χ1) is 10.1. The van der Waals surface area contributed by atoms with Gasteiger partial charge < -0.3 is 0 Å². The van der Waals surface area contributed by atoms with Crippen molar-refractivity contribution in [1.29, 1.82) is 0 Å². The van der Waals surface area contributed by atoms with E-state index in [4.69, 9.17) is 28.2 Å². The van der Waals surface area contributed by atoms with E-state index in [1.165, 1.54) is 5.56 Å². The van der Waals surface area contributed by atoms with Gasteiger partial charge >= 0.3 is 0 Å². The first-order valence-corrected chi connectivity index (χ1v) is 7.57. The van der Waals surface area contributed by atoms with Gasteiger partial charge in [-0.05, 0) is 48.7 Å². The Morgan fingerprint density at radius 3 is 2.57 bits per heavy atom. The number of benzene rings is 2. The summed E-state index contributed by atoms with van der Waals surface area (Å²) in [6, 6.07) is 11.8. The third kappa shape index (κ3) is 2.61. The van der Waals surface area contributed by atoms with Gasteiger partial charge in [-0.25, -0.2) is 9.97 Å². The van der Waals surface area contributed by atoms with Gasteiger partial charge in [-0.3, -0.25) is 0 Å². The highest BCUT2D eigenvalue weighted by molar-refractivity contribution is 6.34. The fraction of sp³-hybridized carbons (Fsp3) is 0.176. The molecule has 0 unspecified atom stereocenters. The number of hydrogen-bond donors (Lipinski definition) is 0. The number of halogens is 2. The van der Waals surface area contributed by atoms with E-state index in [1.807, 2.05) is 37.3 Å². The van der Waals surface area contributed by atoms with Gasteiger partial charge in [0.1, 0.15) is 5.15 Å². The highest BCUT2D eigenvalue weighted by Crippen LogP contribution is 2.28. The summed E-state index contributed by atoms with van der Waals surface area (Å²) in [7, 11) is 0. The third-order valence-electron chi connectivity index (χ3n) is 3.56. The fourth-order valence-corrected chi connectivity index (χ4v) is 2.72. The van der Waals surface area contributed by atoms with Crippen LogP contribution in [-0.2, 0) is 6.42 Å². The van der Waals surface area contributed by atoms with Crippen molar-refractivity contribution in [3.63, 3.8) is 0 Å². The van der Waals surface area contributed by atoms with E-state index in [2.05, 4.69) is 18.0 Å². The van der Waals surface area contributed by atoms with Crippen LogP contribution in [0.2, 0.25) is 10.2 Å². The summed E-state index contributed by atoms with van der Waals surface area (Å²) in [5.41, 5.74) is 4.01. The van der Waals surface area contributed by atoms with Crippen LogP contribution in [0.4, 0.5) is 0 Å². The van der Waals surface area contributed by atoms with E-state index in [-0.39, 0.29) is 0 Å². The maximum absolute atomic E-state index is 6.33. The summed E-state index contributed by atoms with van der Waals surface area (Å²) in [6.45, 7) is 4.07. The van der Waals surface area contributed by atoms with Gasteiger partial charge in [0.15, 0.2) is 5.82 Å². The third-order valence-corrected chi connectivity index (χ3v) is 4.27. The van der Waals surface area contributed by atoms with Crippen LogP contribution in [0, 0.1) is 6.92 Å². The van der Waals surface area contributed by atoms with Crippen LogP contribution in [0.25, 0.3) is 22.3 Å². The second kappa shape index (κ2) is 5.63. The molecule has 0 bridgehead atoms. The lowest BCUT2D eigenvalue weighted by Crippen LogP contribution is -1.95. The number of fused-ring (bicyclic) bond motifs is 1. The molecule has 0 atom stereocenters. The maximum atomic E-state index is 6.33. The van der Waals surface area contributed by atoms with Gasteiger partial charge in [0.2, 0.25) is 0 Å².